The maximum Gasteiger partial charge on any atom is 0.0501 e. The molecule has 21 heavy (non-hydrogen) atoms. The normalized spacial score (nSPS) is 13.7. The smallest absolute Gasteiger partial charge is 0.0501 e. The van der Waals surface area contributed by atoms with Crippen LogP contribution in [0.4, 0.5) is 0 Å². The molecule has 1 rings (SSSR count). The van der Waals surface area contributed by atoms with E-state index in [2.05, 4.69) is 76.9 Å². The quantitative estimate of drug-likeness (QED) is 0.760. The van der Waals surface area contributed by atoms with Gasteiger partial charge in [0.2, 0.25) is 0 Å². The van der Waals surface area contributed by atoms with Gasteiger partial charge in [-0.15, -0.1) is 0 Å². The first-order valence-electron chi connectivity index (χ1n) is 8.43. The molecule has 0 aromatic heterocycles. The Morgan fingerprint density at radius 1 is 1.05 bits per heavy atom. The highest BCUT2D eigenvalue weighted by molar-refractivity contribution is 5.33. The Balaban J connectivity index is 3.17. The van der Waals surface area contributed by atoms with Crippen molar-refractivity contribution < 1.29 is 0 Å². The van der Waals surface area contributed by atoms with E-state index in [4.69, 9.17) is 0 Å². The van der Waals surface area contributed by atoms with Crippen molar-refractivity contribution >= 4 is 0 Å². The average molecular weight is 290 g/mol. The van der Waals surface area contributed by atoms with Crippen LogP contribution in [-0.4, -0.2) is 30.1 Å². The minimum absolute atomic E-state index is 0.0976. The third-order valence-corrected chi connectivity index (χ3v) is 4.75. The highest BCUT2D eigenvalue weighted by Crippen LogP contribution is 2.32. The topological polar surface area (TPSA) is 15.3 Å². The molecule has 1 N–H and O–H groups in total. The second kappa shape index (κ2) is 7.95. The second-order valence-corrected chi connectivity index (χ2v) is 6.56. The van der Waals surface area contributed by atoms with Crippen LogP contribution in [0.15, 0.2) is 18.2 Å². The molecule has 0 aliphatic carbocycles. The summed E-state index contributed by atoms with van der Waals surface area (Å²) in [6.45, 7) is 19.1. The maximum atomic E-state index is 3.78. The highest BCUT2D eigenvalue weighted by atomic mass is 15.2. The molecule has 2 nitrogen and oxygen atoms in total. The van der Waals surface area contributed by atoms with Crippen LogP contribution in [0.2, 0.25) is 0 Å². The van der Waals surface area contributed by atoms with Crippen molar-refractivity contribution in [1.82, 2.24) is 10.2 Å². The summed E-state index contributed by atoms with van der Waals surface area (Å²) in [4.78, 5) is 2.55. The van der Waals surface area contributed by atoms with Crippen LogP contribution in [0.25, 0.3) is 0 Å². The lowest BCUT2D eigenvalue weighted by Gasteiger charge is -2.44. The van der Waals surface area contributed by atoms with E-state index in [-0.39, 0.29) is 5.54 Å². The SMILES string of the molecule is CCCNC(c1ccc(C)c(C)c1)C(C)(C)N(CC)CC. The zero-order chi connectivity index (χ0) is 16.0. The van der Waals surface area contributed by atoms with Gasteiger partial charge in [-0.3, -0.25) is 4.90 Å². The molecule has 2 heteroatoms. The van der Waals surface area contributed by atoms with Crippen molar-refractivity contribution in [3.8, 4) is 0 Å². The molecule has 1 atom stereocenters. The second-order valence-electron chi connectivity index (χ2n) is 6.56. The summed E-state index contributed by atoms with van der Waals surface area (Å²) in [5.41, 5.74) is 4.25. The summed E-state index contributed by atoms with van der Waals surface area (Å²) >= 11 is 0. The molecule has 0 amide bonds. The lowest BCUT2D eigenvalue weighted by atomic mass is 9.85. The Morgan fingerprint density at radius 2 is 1.67 bits per heavy atom. The fraction of sp³-hybridized carbons (Fsp3) is 0.684. The summed E-state index contributed by atoms with van der Waals surface area (Å²) in [5.74, 6) is 0. The van der Waals surface area contributed by atoms with Crippen molar-refractivity contribution in [3.63, 3.8) is 0 Å². The lowest BCUT2D eigenvalue weighted by molar-refractivity contribution is 0.0911. The molecule has 0 saturated heterocycles. The third-order valence-electron chi connectivity index (χ3n) is 4.75. The fourth-order valence-corrected chi connectivity index (χ4v) is 3.23. The molecule has 0 spiro atoms. The number of rotatable bonds is 8. The molecule has 0 heterocycles. The van der Waals surface area contributed by atoms with Gasteiger partial charge >= 0.3 is 0 Å². The average Bonchev–Trinajstić information content (AvgIpc) is 2.43. The van der Waals surface area contributed by atoms with Crippen LogP contribution in [0.3, 0.4) is 0 Å². The van der Waals surface area contributed by atoms with Gasteiger partial charge in [0.15, 0.2) is 0 Å². The molecule has 0 bridgehead atoms. The molecule has 0 radical (unpaired) electrons. The van der Waals surface area contributed by atoms with E-state index >= 15 is 0 Å². The van der Waals surface area contributed by atoms with E-state index in [1.54, 1.807) is 0 Å². The molecule has 1 unspecified atom stereocenters. The minimum Gasteiger partial charge on any atom is -0.308 e. The van der Waals surface area contributed by atoms with Gasteiger partial charge in [0.05, 0.1) is 6.04 Å². The number of benzene rings is 1. The zero-order valence-electron chi connectivity index (χ0n) is 15.1. The van der Waals surface area contributed by atoms with Crippen molar-refractivity contribution in [2.75, 3.05) is 19.6 Å². The van der Waals surface area contributed by atoms with Crippen molar-refractivity contribution in [2.45, 2.75) is 66.5 Å². The number of hydrogen-bond donors (Lipinski definition) is 1. The molecule has 120 valence electrons. The van der Waals surface area contributed by atoms with Gasteiger partial charge in [-0.25, -0.2) is 0 Å². The molecular weight excluding hydrogens is 256 g/mol. The first-order valence-corrected chi connectivity index (χ1v) is 8.43. The van der Waals surface area contributed by atoms with Gasteiger partial charge in [-0.2, -0.15) is 0 Å². The van der Waals surface area contributed by atoms with E-state index < -0.39 is 0 Å². The summed E-state index contributed by atoms with van der Waals surface area (Å²) in [6.07, 6.45) is 1.16. The van der Waals surface area contributed by atoms with Gasteiger partial charge in [0.25, 0.3) is 0 Å². The summed E-state index contributed by atoms with van der Waals surface area (Å²) in [7, 11) is 0. The first-order chi connectivity index (χ1) is 9.88. The molecule has 0 aliphatic rings. The number of likely N-dealkylation sites (N-methyl/N-ethyl adjacent to an activating group) is 1. The lowest BCUT2D eigenvalue weighted by Crippen LogP contribution is -2.52. The van der Waals surface area contributed by atoms with E-state index in [1.165, 1.54) is 16.7 Å². The fourth-order valence-electron chi connectivity index (χ4n) is 3.23. The third kappa shape index (κ3) is 4.31. The zero-order valence-corrected chi connectivity index (χ0v) is 15.1. The highest BCUT2D eigenvalue weighted by Gasteiger charge is 2.34. The van der Waals surface area contributed by atoms with Crippen molar-refractivity contribution in [3.05, 3.63) is 34.9 Å². The van der Waals surface area contributed by atoms with Crippen LogP contribution < -0.4 is 5.32 Å². The first kappa shape index (κ1) is 18.2. The summed E-state index contributed by atoms with van der Waals surface area (Å²) in [6, 6.07) is 7.26. The van der Waals surface area contributed by atoms with Gasteiger partial charge in [0.1, 0.15) is 0 Å². The largest absolute Gasteiger partial charge is 0.308 e. The minimum atomic E-state index is 0.0976. The van der Waals surface area contributed by atoms with Crippen LogP contribution in [-0.2, 0) is 0 Å². The monoisotopic (exact) mass is 290 g/mol. The Kier molecular flexibility index (Phi) is 6.89. The molecular formula is C19H34N2. The van der Waals surface area contributed by atoms with Crippen LogP contribution in [0.1, 0.15) is 63.8 Å². The molecule has 1 aromatic carbocycles. The van der Waals surface area contributed by atoms with Gasteiger partial charge in [-0.05, 0) is 70.4 Å². The van der Waals surface area contributed by atoms with E-state index in [1.807, 2.05) is 0 Å². The van der Waals surface area contributed by atoms with E-state index in [9.17, 15) is 0 Å². The summed E-state index contributed by atoms with van der Waals surface area (Å²) < 4.78 is 0. The van der Waals surface area contributed by atoms with E-state index in [0.717, 1.165) is 26.1 Å². The van der Waals surface area contributed by atoms with Crippen molar-refractivity contribution in [1.29, 1.82) is 0 Å². The standard InChI is InChI=1S/C19H34N2/c1-8-13-20-18(19(6,7)21(9-2)10-3)17-12-11-15(4)16(5)14-17/h11-12,14,18,20H,8-10,13H2,1-7H3. The van der Waals surface area contributed by atoms with Crippen molar-refractivity contribution in [2.24, 2.45) is 0 Å². The molecule has 1 aromatic rings. The molecule has 0 aliphatic heterocycles. The predicted molar refractivity (Wildman–Crippen MR) is 94.0 cm³/mol. The number of hydrogen-bond acceptors (Lipinski definition) is 2. The van der Waals surface area contributed by atoms with Gasteiger partial charge in [0, 0.05) is 5.54 Å². The number of aryl methyl sites for hydroxylation is 2. The van der Waals surface area contributed by atoms with E-state index in [0.29, 0.717) is 6.04 Å². The Bertz CT molecular complexity index is 433. The maximum absolute atomic E-state index is 3.78. The number of nitrogens with zero attached hydrogens (tertiary/aromatic N) is 1. The Hall–Kier alpha value is -0.860. The Morgan fingerprint density at radius 3 is 2.14 bits per heavy atom. The van der Waals surface area contributed by atoms with Crippen LogP contribution >= 0.6 is 0 Å². The van der Waals surface area contributed by atoms with Gasteiger partial charge < -0.3 is 5.32 Å². The summed E-state index contributed by atoms with van der Waals surface area (Å²) in [5, 5.41) is 3.78. The van der Waals surface area contributed by atoms with Crippen LogP contribution in [0, 0.1) is 13.8 Å². The van der Waals surface area contributed by atoms with Crippen LogP contribution in [0.5, 0.6) is 0 Å². The predicted octanol–water partition coefficient (Wildman–Crippen LogP) is 4.46. The number of nitrogens with one attached hydrogen (secondary N) is 1. The molecule has 0 fully saturated rings. The Labute approximate surface area is 131 Å². The van der Waals surface area contributed by atoms with Gasteiger partial charge in [-0.1, -0.05) is 39.0 Å². The molecule has 0 saturated carbocycles.